The van der Waals surface area contributed by atoms with E-state index >= 15 is 0 Å². The third-order valence-electron chi connectivity index (χ3n) is 14.9. The maximum Gasteiger partial charge on any atom is 0.142 e. The summed E-state index contributed by atoms with van der Waals surface area (Å²) in [5, 5.41) is 0. The minimum Gasteiger partial charge on any atom is -0.378 e. The summed E-state index contributed by atoms with van der Waals surface area (Å²) in [6.07, 6.45) is 13.4. The predicted molar refractivity (Wildman–Crippen MR) is 190 cm³/mol. The van der Waals surface area contributed by atoms with Gasteiger partial charge in [-0.1, -0.05) is 67.0 Å². The van der Waals surface area contributed by atoms with Crippen LogP contribution in [-0.4, -0.2) is 42.9 Å². The zero-order valence-corrected chi connectivity index (χ0v) is 32.5. The van der Waals surface area contributed by atoms with Crippen LogP contribution in [0.4, 0.5) is 0 Å². The van der Waals surface area contributed by atoms with Gasteiger partial charge < -0.3 is 14.2 Å². The van der Waals surface area contributed by atoms with Gasteiger partial charge in [0.2, 0.25) is 0 Å². The van der Waals surface area contributed by atoms with Gasteiger partial charge in [0.05, 0.1) is 37.1 Å². The first-order chi connectivity index (χ1) is 21.2. The second-order valence-electron chi connectivity index (χ2n) is 19.8. The third-order valence-corrected chi connectivity index (χ3v) is 14.9. The Hall–Kier alpha value is -0.710. The quantitative estimate of drug-likeness (QED) is 0.235. The molecule has 4 fully saturated rings. The number of carbonyl (C=O) groups excluding carboxylic acids is 1. The van der Waals surface area contributed by atoms with Crippen molar-refractivity contribution in [3.05, 3.63) is 11.6 Å². The van der Waals surface area contributed by atoms with E-state index in [-0.39, 0.29) is 68.9 Å². The summed E-state index contributed by atoms with van der Waals surface area (Å²) in [5.41, 5.74) is 2.00. The molecule has 5 aliphatic carbocycles. The van der Waals surface area contributed by atoms with E-state index in [4.69, 9.17) is 14.2 Å². The van der Waals surface area contributed by atoms with Crippen LogP contribution < -0.4 is 0 Å². The standard InChI is InChI=1S/C42H72O4/c1-26(2)35(43)42-21-19-37(9,10)23-31(42)30-15-16-34-38(11)24-32(45-28(5)6)36(46-29(7)8)39(12,25-44-27(3)4)33(38)17-18-41(34,14)40(30,13)20-22-42/h15,26-29,31-34,36H,16-25H2,1-14H3/t31-,32?,33?,34-,36?,38+,39?,40-,41-,42+/m1/s1. The van der Waals surface area contributed by atoms with E-state index in [1.54, 1.807) is 5.57 Å². The third kappa shape index (κ3) is 5.63. The smallest absolute Gasteiger partial charge is 0.142 e. The number of hydrogen-bond acceptors (Lipinski definition) is 4. The number of carbonyl (C=O) groups is 1. The zero-order chi connectivity index (χ0) is 34.3. The molecule has 0 heterocycles. The van der Waals surface area contributed by atoms with Gasteiger partial charge in [-0.25, -0.2) is 0 Å². The van der Waals surface area contributed by atoms with E-state index in [1.165, 1.54) is 19.3 Å². The van der Waals surface area contributed by atoms with Crippen LogP contribution in [0.5, 0.6) is 0 Å². The van der Waals surface area contributed by atoms with E-state index in [2.05, 4.69) is 103 Å². The number of rotatable bonds is 9. The van der Waals surface area contributed by atoms with Crippen molar-refractivity contribution in [3.8, 4) is 0 Å². The molecule has 5 aliphatic rings. The van der Waals surface area contributed by atoms with E-state index in [1.807, 2.05) is 0 Å². The highest BCUT2D eigenvalue weighted by Gasteiger charge is 2.71. The molecule has 4 saturated carbocycles. The molecule has 0 aromatic rings. The van der Waals surface area contributed by atoms with Crippen molar-refractivity contribution in [2.45, 2.75) is 185 Å². The predicted octanol–water partition coefficient (Wildman–Crippen LogP) is 10.6. The molecule has 0 aromatic carbocycles. The van der Waals surface area contributed by atoms with Gasteiger partial charge in [0.15, 0.2) is 0 Å². The highest BCUT2D eigenvalue weighted by Crippen LogP contribution is 2.76. The monoisotopic (exact) mass is 641 g/mol. The average Bonchev–Trinajstić information content (AvgIpc) is 2.93. The van der Waals surface area contributed by atoms with Crippen LogP contribution in [0.1, 0.15) is 155 Å². The molecular formula is C42H72O4. The summed E-state index contributed by atoms with van der Waals surface area (Å²) in [5.74, 6) is 2.06. The highest BCUT2D eigenvalue weighted by molar-refractivity contribution is 5.87. The summed E-state index contributed by atoms with van der Waals surface area (Å²) in [6.45, 7) is 33.4. The molecule has 0 radical (unpaired) electrons. The molecule has 0 bridgehead atoms. The first-order valence-electron chi connectivity index (χ1n) is 19.3. The molecule has 4 heteroatoms. The molecule has 0 saturated heterocycles. The maximum atomic E-state index is 14.2. The van der Waals surface area contributed by atoms with Crippen LogP contribution in [0.25, 0.3) is 0 Å². The van der Waals surface area contributed by atoms with Gasteiger partial charge >= 0.3 is 0 Å². The van der Waals surface area contributed by atoms with Crippen LogP contribution in [0.3, 0.4) is 0 Å². The fourth-order valence-corrected chi connectivity index (χ4v) is 12.7. The Kier molecular flexibility index (Phi) is 9.74. The zero-order valence-electron chi connectivity index (χ0n) is 32.5. The lowest BCUT2D eigenvalue weighted by molar-refractivity contribution is -0.275. The van der Waals surface area contributed by atoms with Crippen molar-refractivity contribution in [1.29, 1.82) is 0 Å². The van der Waals surface area contributed by atoms with Crippen LogP contribution in [0.15, 0.2) is 11.6 Å². The Balaban J connectivity index is 1.61. The van der Waals surface area contributed by atoms with Crippen LogP contribution >= 0.6 is 0 Å². The molecule has 0 spiro atoms. The second kappa shape index (κ2) is 12.3. The number of hydrogen-bond donors (Lipinski definition) is 0. The van der Waals surface area contributed by atoms with Gasteiger partial charge in [-0.3, -0.25) is 4.79 Å². The fraction of sp³-hybridized carbons (Fsp3) is 0.929. The number of Topliss-reactive ketones (excluding diaryl/α,β-unsaturated/α-hetero) is 1. The highest BCUT2D eigenvalue weighted by atomic mass is 16.6. The minimum absolute atomic E-state index is 0.00294. The molecule has 4 nitrogen and oxygen atoms in total. The van der Waals surface area contributed by atoms with Crippen molar-refractivity contribution < 1.29 is 19.0 Å². The Bertz CT molecular complexity index is 1170. The van der Waals surface area contributed by atoms with Gasteiger partial charge in [-0.05, 0) is 139 Å². The Labute approximate surface area is 283 Å². The SMILES string of the molecule is CC(C)OCC1(C)C(OC(C)C)C(OC(C)C)C[C@@]2(C)C1CC[C@]1(C)[C@@H]2CC=C2[C@H]3CC(C)(C)CC[C@]3(C(=O)C(C)C)CC[C@]21C. The maximum absolute atomic E-state index is 14.2. The van der Waals surface area contributed by atoms with Crippen LogP contribution in [0, 0.1) is 56.2 Å². The summed E-state index contributed by atoms with van der Waals surface area (Å²) >= 11 is 0. The van der Waals surface area contributed by atoms with Crippen molar-refractivity contribution in [2.75, 3.05) is 6.61 Å². The molecular weight excluding hydrogens is 568 g/mol. The van der Waals surface area contributed by atoms with E-state index in [9.17, 15) is 4.79 Å². The van der Waals surface area contributed by atoms with E-state index in [0.717, 1.165) is 38.5 Å². The van der Waals surface area contributed by atoms with E-state index < -0.39 is 0 Å². The first kappa shape index (κ1) is 36.6. The second-order valence-corrected chi connectivity index (χ2v) is 19.8. The van der Waals surface area contributed by atoms with Gasteiger partial charge in [-0.2, -0.15) is 0 Å². The average molecular weight is 641 g/mol. The normalized spacial score (nSPS) is 45.3. The lowest BCUT2D eigenvalue weighted by Crippen LogP contribution is -2.69. The van der Waals surface area contributed by atoms with Gasteiger partial charge in [0, 0.05) is 16.7 Å². The summed E-state index contributed by atoms with van der Waals surface area (Å²) in [7, 11) is 0. The van der Waals surface area contributed by atoms with Gasteiger partial charge in [0.25, 0.3) is 0 Å². The largest absolute Gasteiger partial charge is 0.378 e. The molecule has 0 aromatic heterocycles. The topological polar surface area (TPSA) is 44.8 Å². The van der Waals surface area contributed by atoms with Crippen molar-refractivity contribution in [3.63, 3.8) is 0 Å². The summed E-state index contributed by atoms with van der Waals surface area (Å²) < 4.78 is 20.3. The van der Waals surface area contributed by atoms with Gasteiger partial charge in [0.1, 0.15) is 5.78 Å². The molecule has 46 heavy (non-hydrogen) atoms. The fourth-order valence-electron chi connectivity index (χ4n) is 12.7. The summed E-state index contributed by atoms with van der Waals surface area (Å²) in [4.78, 5) is 14.2. The number of ether oxygens (including phenoxy) is 3. The molecule has 0 N–H and O–H groups in total. The molecule has 4 unspecified atom stereocenters. The Morgan fingerprint density at radius 3 is 2.00 bits per heavy atom. The van der Waals surface area contributed by atoms with Crippen LogP contribution in [-0.2, 0) is 19.0 Å². The Morgan fingerprint density at radius 1 is 0.783 bits per heavy atom. The van der Waals surface area contributed by atoms with Crippen molar-refractivity contribution in [1.82, 2.24) is 0 Å². The molecule has 0 amide bonds. The first-order valence-corrected chi connectivity index (χ1v) is 19.3. The molecule has 10 atom stereocenters. The number of ketones is 1. The lowest BCUT2D eigenvalue weighted by Gasteiger charge is -2.72. The molecule has 5 rings (SSSR count). The molecule has 0 aliphatic heterocycles. The molecule has 264 valence electrons. The number of allylic oxidation sites excluding steroid dienone is 2. The van der Waals surface area contributed by atoms with Gasteiger partial charge in [-0.15, -0.1) is 0 Å². The summed E-state index contributed by atoms with van der Waals surface area (Å²) in [6, 6.07) is 0. The lowest BCUT2D eigenvalue weighted by atomic mass is 9.33. The van der Waals surface area contributed by atoms with Crippen LogP contribution in [0.2, 0.25) is 0 Å². The Morgan fingerprint density at radius 2 is 1.41 bits per heavy atom. The van der Waals surface area contributed by atoms with Crippen molar-refractivity contribution in [2.24, 2.45) is 56.2 Å². The minimum atomic E-state index is -0.172. The van der Waals surface area contributed by atoms with Crippen molar-refractivity contribution >= 4 is 5.78 Å². The number of fused-ring (bicyclic) bond motifs is 7. The van der Waals surface area contributed by atoms with E-state index in [0.29, 0.717) is 30.1 Å².